The second kappa shape index (κ2) is 5.61. The predicted octanol–water partition coefficient (Wildman–Crippen LogP) is 2.49. The highest BCUT2D eigenvalue weighted by atomic mass is 79.9. The molecule has 2 aromatic heterocycles. The lowest BCUT2D eigenvalue weighted by atomic mass is 9.92. The number of aliphatic hydroxyl groups excluding tert-OH is 1. The number of hydrogen-bond donors (Lipinski definition) is 2. The molecule has 2 N–H and O–H groups in total. The molecule has 0 saturated heterocycles. The second-order valence-electron chi connectivity index (χ2n) is 5.16. The normalized spacial score (nSPS) is 23.9. The Morgan fingerprint density at radius 2 is 2.21 bits per heavy atom. The van der Waals surface area contributed by atoms with Crippen molar-refractivity contribution in [1.82, 2.24) is 14.7 Å². The largest absolute Gasteiger partial charge is 0.392 e. The molecule has 1 saturated carbocycles. The van der Waals surface area contributed by atoms with Gasteiger partial charge in [-0.15, -0.1) is 0 Å². The lowest BCUT2D eigenvalue weighted by Crippen LogP contribution is -2.41. The van der Waals surface area contributed by atoms with Crippen LogP contribution in [-0.2, 0) is 6.54 Å². The quantitative estimate of drug-likeness (QED) is 0.912. The standard InChI is InChI=1S/C14H18BrN3O/c15-10-5-6-14-17-8-11(18(14)9-10)7-16-12-3-1-2-4-13(12)19/h5-6,8-9,12-13,16,19H,1-4,7H2. The van der Waals surface area contributed by atoms with E-state index in [1.807, 2.05) is 24.5 Å². The molecule has 3 rings (SSSR count). The Hall–Kier alpha value is -0.910. The minimum Gasteiger partial charge on any atom is -0.392 e. The van der Waals surface area contributed by atoms with Gasteiger partial charge in [0.1, 0.15) is 5.65 Å². The number of fused-ring (bicyclic) bond motifs is 1. The Morgan fingerprint density at radius 3 is 3.05 bits per heavy atom. The van der Waals surface area contributed by atoms with Gasteiger partial charge in [-0.25, -0.2) is 4.98 Å². The highest BCUT2D eigenvalue weighted by Gasteiger charge is 2.22. The molecule has 4 nitrogen and oxygen atoms in total. The van der Waals surface area contributed by atoms with Crippen molar-refractivity contribution in [3.8, 4) is 0 Å². The number of halogens is 1. The van der Waals surface area contributed by atoms with Gasteiger partial charge >= 0.3 is 0 Å². The zero-order chi connectivity index (χ0) is 13.2. The van der Waals surface area contributed by atoms with Crippen molar-refractivity contribution in [3.05, 3.63) is 34.7 Å². The molecular formula is C14H18BrN3O. The summed E-state index contributed by atoms with van der Waals surface area (Å²) in [5.74, 6) is 0. The first-order chi connectivity index (χ1) is 9.24. The SMILES string of the molecule is OC1CCCCC1NCc1cnc2ccc(Br)cn12. The Bertz CT molecular complexity index is 569. The number of aliphatic hydroxyl groups is 1. The lowest BCUT2D eigenvalue weighted by molar-refractivity contribution is 0.0900. The van der Waals surface area contributed by atoms with Gasteiger partial charge in [0, 0.05) is 23.3 Å². The van der Waals surface area contributed by atoms with Crippen molar-refractivity contribution in [2.24, 2.45) is 0 Å². The first-order valence-electron chi connectivity index (χ1n) is 6.77. The van der Waals surface area contributed by atoms with Crippen LogP contribution in [0.2, 0.25) is 0 Å². The van der Waals surface area contributed by atoms with Gasteiger partial charge in [0.2, 0.25) is 0 Å². The third-order valence-corrected chi connectivity index (χ3v) is 4.29. The fourth-order valence-corrected chi connectivity index (χ4v) is 3.06. The number of imidazole rings is 1. The molecule has 0 radical (unpaired) electrons. The number of rotatable bonds is 3. The smallest absolute Gasteiger partial charge is 0.136 e. The molecule has 0 spiro atoms. The number of aromatic nitrogens is 2. The molecule has 0 aliphatic heterocycles. The highest BCUT2D eigenvalue weighted by molar-refractivity contribution is 9.10. The average Bonchev–Trinajstić information content (AvgIpc) is 2.80. The molecule has 1 aliphatic rings. The van der Waals surface area contributed by atoms with E-state index in [1.165, 1.54) is 6.42 Å². The number of pyridine rings is 1. The molecule has 102 valence electrons. The highest BCUT2D eigenvalue weighted by Crippen LogP contribution is 2.19. The average molecular weight is 324 g/mol. The maximum absolute atomic E-state index is 9.96. The van der Waals surface area contributed by atoms with E-state index in [2.05, 4.69) is 30.6 Å². The monoisotopic (exact) mass is 323 g/mol. The number of nitrogens with one attached hydrogen (secondary N) is 1. The predicted molar refractivity (Wildman–Crippen MR) is 78.0 cm³/mol. The summed E-state index contributed by atoms with van der Waals surface area (Å²) in [6, 6.07) is 4.19. The molecule has 2 aromatic rings. The molecule has 2 unspecified atom stereocenters. The van der Waals surface area contributed by atoms with Gasteiger partial charge in [-0.1, -0.05) is 12.8 Å². The summed E-state index contributed by atoms with van der Waals surface area (Å²) in [5.41, 5.74) is 2.07. The number of nitrogens with zero attached hydrogens (tertiary/aromatic N) is 2. The zero-order valence-electron chi connectivity index (χ0n) is 10.7. The zero-order valence-corrected chi connectivity index (χ0v) is 12.3. The van der Waals surface area contributed by atoms with Gasteiger partial charge in [0.15, 0.2) is 0 Å². The topological polar surface area (TPSA) is 49.6 Å². The number of hydrogen-bond acceptors (Lipinski definition) is 3. The first-order valence-corrected chi connectivity index (χ1v) is 7.56. The van der Waals surface area contributed by atoms with Gasteiger partial charge in [0.25, 0.3) is 0 Å². The Labute approximate surface area is 121 Å². The van der Waals surface area contributed by atoms with E-state index >= 15 is 0 Å². The van der Waals surface area contributed by atoms with Crippen molar-refractivity contribution in [2.75, 3.05) is 0 Å². The van der Waals surface area contributed by atoms with Crippen molar-refractivity contribution in [3.63, 3.8) is 0 Å². The van der Waals surface area contributed by atoms with Crippen molar-refractivity contribution in [2.45, 2.75) is 44.4 Å². The van der Waals surface area contributed by atoms with E-state index in [1.54, 1.807) is 0 Å². The van der Waals surface area contributed by atoms with Crippen molar-refractivity contribution >= 4 is 21.6 Å². The fraction of sp³-hybridized carbons (Fsp3) is 0.500. The van der Waals surface area contributed by atoms with Gasteiger partial charge < -0.3 is 14.8 Å². The van der Waals surface area contributed by atoms with E-state index in [9.17, 15) is 5.11 Å². The Morgan fingerprint density at radius 1 is 1.37 bits per heavy atom. The first kappa shape index (κ1) is 13.1. The summed E-state index contributed by atoms with van der Waals surface area (Å²) < 4.78 is 3.11. The second-order valence-corrected chi connectivity index (χ2v) is 6.08. The van der Waals surface area contributed by atoms with Crippen LogP contribution < -0.4 is 5.32 Å². The summed E-state index contributed by atoms with van der Waals surface area (Å²) in [6.07, 6.45) is 8.02. The summed E-state index contributed by atoms with van der Waals surface area (Å²) >= 11 is 3.48. The van der Waals surface area contributed by atoms with Gasteiger partial charge in [-0.05, 0) is 40.9 Å². The maximum Gasteiger partial charge on any atom is 0.136 e. The minimum absolute atomic E-state index is 0.209. The van der Waals surface area contributed by atoms with Crippen LogP contribution in [0, 0.1) is 0 Å². The molecule has 0 bridgehead atoms. The third-order valence-electron chi connectivity index (χ3n) is 3.82. The van der Waals surface area contributed by atoms with Crippen LogP contribution in [0.3, 0.4) is 0 Å². The van der Waals surface area contributed by atoms with E-state index in [0.29, 0.717) is 0 Å². The summed E-state index contributed by atoms with van der Waals surface area (Å²) in [7, 11) is 0. The molecule has 0 aromatic carbocycles. The van der Waals surface area contributed by atoms with Gasteiger partial charge in [0.05, 0.1) is 18.0 Å². The molecule has 0 amide bonds. The summed E-state index contributed by atoms with van der Waals surface area (Å²) in [6.45, 7) is 0.735. The minimum atomic E-state index is -0.209. The lowest BCUT2D eigenvalue weighted by Gasteiger charge is -2.28. The van der Waals surface area contributed by atoms with Crippen molar-refractivity contribution in [1.29, 1.82) is 0 Å². The van der Waals surface area contributed by atoms with Crippen LogP contribution in [0.1, 0.15) is 31.4 Å². The molecule has 19 heavy (non-hydrogen) atoms. The maximum atomic E-state index is 9.96. The van der Waals surface area contributed by atoms with Crippen molar-refractivity contribution < 1.29 is 5.11 Å². The fourth-order valence-electron chi connectivity index (χ4n) is 2.72. The molecular weight excluding hydrogens is 306 g/mol. The summed E-state index contributed by atoms with van der Waals surface area (Å²) in [5, 5.41) is 13.4. The van der Waals surface area contributed by atoms with Crippen LogP contribution in [0.4, 0.5) is 0 Å². The molecule has 1 aliphatic carbocycles. The van der Waals surface area contributed by atoms with Crippen LogP contribution >= 0.6 is 15.9 Å². The van der Waals surface area contributed by atoms with E-state index < -0.39 is 0 Å². The molecule has 2 heterocycles. The van der Waals surface area contributed by atoms with Crippen LogP contribution in [0.15, 0.2) is 29.0 Å². The van der Waals surface area contributed by atoms with Crippen LogP contribution in [0.25, 0.3) is 5.65 Å². The van der Waals surface area contributed by atoms with Crippen LogP contribution in [0.5, 0.6) is 0 Å². The third kappa shape index (κ3) is 2.83. The van der Waals surface area contributed by atoms with Crippen LogP contribution in [-0.4, -0.2) is 26.6 Å². The molecule has 1 fully saturated rings. The molecule has 5 heteroatoms. The Balaban J connectivity index is 1.72. The van der Waals surface area contributed by atoms with Gasteiger partial charge in [-0.2, -0.15) is 0 Å². The van der Waals surface area contributed by atoms with Gasteiger partial charge in [-0.3, -0.25) is 0 Å². The van der Waals surface area contributed by atoms with E-state index in [-0.39, 0.29) is 12.1 Å². The van der Waals surface area contributed by atoms with E-state index in [0.717, 1.165) is 41.6 Å². The summed E-state index contributed by atoms with van der Waals surface area (Å²) in [4.78, 5) is 4.38. The Kier molecular flexibility index (Phi) is 3.86. The molecule has 2 atom stereocenters. The van der Waals surface area contributed by atoms with E-state index in [4.69, 9.17) is 0 Å².